The molecule has 0 bridgehead atoms. The van der Waals surface area contributed by atoms with Gasteiger partial charge in [-0.1, -0.05) is 0 Å². The SMILES string of the molecule is CC1CC(Nc2cc3[nH]c(=O)[nH]c3cc2Br)CC(C)O1. The third kappa shape index (κ3) is 2.76. The summed E-state index contributed by atoms with van der Waals surface area (Å²) in [7, 11) is 0. The van der Waals surface area contributed by atoms with Crippen molar-refractivity contribution in [1.82, 2.24) is 9.97 Å². The minimum absolute atomic E-state index is 0.183. The molecule has 20 heavy (non-hydrogen) atoms. The maximum absolute atomic E-state index is 11.3. The minimum Gasteiger partial charge on any atom is -0.381 e. The molecule has 3 N–H and O–H groups in total. The van der Waals surface area contributed by atoms with Crippen LogP contribution < -0.4 is 11.0 Å². The molecule has 0 amide bonds. The van der Waals surface area contributed by atoms with E-state index in [0.29, 0.717) is 6.04 Å². The van der Waals surface area contributed by atoms with Gasteiger partial charge < -0.3 is 20.0 Å². The van der Waals surface area contributed by atoms with Crippen molar-refractivity contribution in [2.24, 2.45) is 0 Å². The zero-order valence-electron chi connectivity index (χ0n) is 11.5. The van der Waals surface area contributed by atoms with Crippen molar-refractivity contribution in [1.29, 1.82) is 0 Å². The Bertz CT molecular complexity index is 669. The number of nitrogens with one attached hydrogen (secondary N) is 3. The summed E-state index contributed by atoms with van der Waals surface area (Å²) < 4.78 is 6.70. The number of anilines is 1. The molecule has 6 heteroatoms. The molecular formula is C14H18BrN3O2. The van der Waals surface area contributed by atoms with Crippen LogP contribution in [0, 0.1) is 0 Å². The van der Waals surface area contributed by atoms with Gasteiger partial charge in [-0.05, 0) is 54.8 Å². The molecule has 2 heterocycles. The molecule has 2 unspecified atom stereocenters. The highest BCUT2D eigenvalue weighted by molar-refractivity contribution is 9.10. The number of rotatable bonds is 2. The number of fused-ring (bicyclic) bond motifs is 1. The maximum Gasteiger partial charge on any atom is 0.323 e. The normalized spacial score (nSPS) is 26.9. The van der Waals surface area contributed by atoms with Crippen LogP contribution in [0.3, 0.4) is 0 Å². The zero-order chi connectivity index (χ0) is 14.3. The van der Waals surface area contributed by atoms with Crippen LogP contribution in [0.2, 0.25) is 0 Å². The fourth-order valence-electron chi connectivity index (χ4n) is 2.91. The second-order valence-electron chi connectivity index (χ2n) is 5.53. The van der Waals surface area contributed by atoms with E-state index < -0.39 is 0 Å². The summed E-state index contributed by atoms with van der Waals surface area (Å²) in [5, 5.41) is 3.55. The molecule has 2 atom stereocenters. The average molecular weight is 340 g/mol. The largest absolute Gasteiger partial charge is 0.381 e. The lowest BCUT2D eigenvalue weighted by Crippen LogP contribution is -2.36. The van der Waals surface area contributed by atoms with E-state index in [-0.39, 0.29) is 17.9 Å². The summed E-state index contributed by atoms with van der Waals surface area (Å²) in [6, 6.07) is 4.26. The van der Waals surface area contributed by atoms with E-state index >= 15 is 0 Å². The number of hydrogen-bond donors (Lipinski definition) is 3. The summed E-state index contributed by atoms with van der Waals surface area (Å²) in [6.07, 6.45) is 2.51. The van der Waals surface area contributed by atoms with Crippen molar-refractivity contribution >= 4 is 32.7 Å². The number of hydrogen-bond acceptors (Lipinski definition) is 3. The van der Waals surface area contributed by atoms with Gasteiger partial charge in [-0.15, -0.1) is 0 Å². The van der Waals surface area contributed by atoms with Crippen LogP contribution in [0.25, 0.3) is 11.0 Å². The lowest BCUT2D eigenvalue weighted by Gasteiger charge is -2.33. The number of aromatic amines is 2. The molecular weight excluding hydrogens is 322 g/mol. The van der Waals surface area contributed by atoms with E-state index in [4.69, 9.17) is 4.74 Å². The lowest BCUT2D eigenvalue weighted by atomic mass is 9.99. The molecule has 1 fully saturated rings. The molecule has 0 radical (unpaired) electrons. The molecule has 3 rings (SSSR count). The maximum atomic E-state index is 11.3. The number of benzene rings is 1. The van der Waals surface area contributed by atoms with Crippen LogP contribution in [0.15, 0.2) is 21.4 Å². The second-order valence-corrected chi connectivity index (χ2v) is 6.38. The Labute approximate surface area is 125 Å². The number of ether oxygens (including phenoxy) is 1. The second kappa shape index (κ2) is 5.26. The van der Waals surface area contributed by atoms with Crippen molar-refractivity contribution in [3.63, 3.8) is 0 Å². The molecule has 108 valence electrons. The number of imidazole rings is 1. The van der Waals surface area contributed by atoms with Gasteiger partial charge in [0.25, 0.3) is 0 Å². The van der Waals surface area contributed by atoms with Crippen LogP contribution in [-0.4, -0.2) is 28.2 Å². The molecule has 1 aliphatic heterocycles. The number of aromatic nitrogens is 2. The van der Waals surface area contributed by atoms with Crippen LogP contribution in [0.5, 0.6) is 0 Å². The van der Waals surface area contributed by atoms with Gasteiger partial charge >= 0.3 is 5.69 Å². The van der Waals surface area contributed by atoms with Crippen LogP contribution in [0.1, 0.15) is 26.7 Å². The van der Waals surface area contributed by atoms with Crippen molar-refractivity contribution in [2.75, 3.05) is 5.32 Å². The summed E-state index contributed by atoms with van der Waals surface area (Å²) in [5.41, 5.74) is 2.44. The summed E-state index contributed by atoms with van der Waals surface area (Å²) >= 11 is 3.55. The molecule has 1 saturated heterocycles. The van der Waals surface area contributed by atoms with Crippen LogP contribution in [-0.2, 0) is 4.74 Å². The zero-order valence-corrected chi connectivity index (χ0v) is 13.1. The standard InChI is InChI=1S/C14H18BrN3O2/c1-7-3-9(4-8(2)20-7)16-11-6-13-12(5-10(11)15)17-14(19)18-13/h5-9,16H,3-4H2,1-2H3,(H2,17,18,19). The fourth-order valence-corrected chi connectivity index (χ4v) is 3.37. The predicted octanol–water partition coefficient (Wildman–Crippen LogP) is 2.99. The Balaban J connectivity index is 1.86. The van der Waals surface area contributed by atoms with Crippen molar-refractivity contribution in [3.8, 4) is 0 Å². The molecule has 2 aromatic rings. The highest BCUT2D eigenvalue weighted by atomic mass is 79.9. The van der Waals surface area contributed by atoms with E-state index in [1.54, 1.807) is 0 Å². The number of H-pyrrole nitrogens is 2. The van der Waals surface area contributed by atoms with Crippen molar-refractivity contribution < 1.29 is 4.74 Å². The van der Waals surface area contributed by atoms with Gasteiger partial charge in [-0.25, -0.2) is 4.79 Å². The topological polar surface area (TPSA) is 69.9 Å². The van der Waals surface area contributed by atoms with Gasteiger partial charge in [-0.3, -0.25) is 0 Å². The first-order valence-corrected chi connectivity index (χ1v) is 7.64. The minimum atomic E-state index is -0.183. The van der Waals surface area contributed by atoms with Crippen molar-refractivity contribution in [3.05, 3.63) is 27.1 Å². The first-order chi connectivity index (χ1) is 9.51. The van der Waals surface area contributed by atoms with Gasteiger partial charge in [-0.2, -0.15) is 0 Å². The van der Waals surface area contributed by atoms with E-state index in [1.165, 1.54) is 0 Å². The van der Waals surface area contributed by atoms with Gasteiger partial charge in [0.2, 0.25) is 0 Å². The van der Waals surface area contributed by atoms with E-state index in [1.807, 2.05) is 12.1 Å². The molecule has 0 spiro atoms. The van der Waals surface area contributed by atoms with Gasteiger partial charge in [0.15, 0.2) is 0 Å². The summed E-state index contributed by atoms with van der Waals surface area (Å²) in [6.45, 7) is 4.21. The Hall–Kier alpha value is -1.27. The monoisotopic (exact) mass is 339 g/mol. The van der Waals surface area contributed by atoms with Crippen LogP contribution in [0.4, 0.5) is 5.69 Å². The average Bonchev–Trinajstić information content (AvgIpc) is 2.67. The molecule has 5 nitrogen and oxygen atoms in total. The van der Waals surface area contributed by atoms with Crippen molar-refractivity contribution in [2.45, 2.75) is 44.9 Å². The highest BCUT2D eigenvalue weighted by Gasteiger charge is 2.24. The van der Waals surface area contributed by atoms with Gasteiger partial charge in [0, 0.05) is 10.5 Å². The van der Waals surface area contributed by atoms with Gasteiger partial charge in [0.05, 0.1) is 28.9 Å². The summed E-state index contributed by atoms with van der Waals surface area (Å²) in [4.78, 5) is 16.9. The molecule has 1 aromatic carbocycles. The first kappa shape index (κ1) is 13.7. The quantitative estimate of drug-likeness (QED) is 0.787. The third-order valence-corrected chi connectivity index (χ3v) is 4.32. The molecule has 0 saturated carbocycles. The van der Waals surface area contributed by atoms with Crippen LogP contribution >= 0.6 is 15.9 Å². The Morgan fingerprint density at radius 2 is 1.80 bits per heavy atom. The molecule has 0 aliphatic carbocycles. The lowest BCUT2D eigenvalue weighted by molar-refractivity contribution is -0.0337. The summed E-state index contributed by atoms with van der Waals surface area (Å²) in [5.74, 6) is 0. The highest BCUT2D eigenvalue weighted by Crippen LogP contribution is 2.29. The fraction of sp³-hybridized carbons (Fsp3) is 0.500. The molecule has 1 aliphatic rings. The van der Waals surface area contributed by atoms with E-state index in [9.17, 15) is 4.79 Å². The third-order valence-electron chi connectivity index (χ3n) is 3.66. The smallest absolute Gasteiger partial charge is 0.323 e. The Morgan fingerprint density at radius 1 is 1.20 bits per heavy atom. The van der Waals surface area contributed by atoms with E-state index in [0.717, 1.165) is 34.0 Å². The Kier molecular flexibility index (Phi) is 3.60. The van der Waals surface area contributed by atoms with E-state index in [2.05, 4.69) is 45.1 Å². The Morgan fingerprint density at radius 3 is 2.45 bits per heavy atom. The predicted molar refractivity (Wildman–Crippen MR) is 83.3 cm³/mol. The van der Waals surface area contributed by atoms with Gasteiger partial charge in [0.1, 0.15) is 0 Å². The molecule has 1 aromatic heterocycles. The number of halogens is 1. The first-order valence-electron chi connectivity index (χ1n) is 6.85.